The fourth-order valence-corrected chi connectivity index (χ4v) is 4.71. The zero-order valence-corrected chi connectivity index (χ0v) is 28.2. The van der Waals surface area contributed by atoms with E-state index in [1.54, 1.807) is 0 Å². The van der Waals surface area contributed by atoms with Crippen molar-refractivity contribution in [3.63, 3.8) is 0 Å². The van der Waals surface area contributed by atoms with E-state index in [0.29, 0.717) is 72.6 Å². The smallest absolute Gasteiger partial charge is 0.275 e. The summed E-state index contributed by atoms with van der Waals surface area (Å²) in [7, 11) is -3.89. The highest BCUT2D eigenvalue weighted by molar-refractivity contribution is 7.89. The van der Waals surface area contributed by atoms with E-state index in [1.807, 2.05) is 0 Å². The van der Waals surface area contributed by atoms with Gasteiger partial charge in [0.05, 0.1) is 84.2 Å². The van der Waals surface area contributed by atoms with E-state index in [1.165, 1.54) is 37.3 Å². The Hall–Kier alpha value is -3.59. The van der Waals surface area contributed by atoms with Gasteiger partial charge in [0.25, 0.3) is 5.91 Å². The number of carbonyl (C=O) groups excluding carboxylic acids is 1. The molecule has 0 atom stereocenters. The number of nitrogens with one attached hydrogen (secondary N) is 1. The van der Waals surface area contributed by atoms with Crippen LogP contribution in [0.25, 0.3) is 6.08 Å². The van der Waals surface area contributed by atoms with Gasteiger partial charge in [-0.3, -0.25) is 4.79 Å². The summed E-state index contributed by atoms with van der Waals surface area (Å²) >= 11 is 0. The molecule has 0 aliphatic rings. The van der Waals surface area contributed by atoms with Gasteiger partial charge in [-0.05, 0) is 55.0 Å². The normalized spacial score (nSPS) is 11.9. The molecule has 7 N–H and O–H groups in total. The average molecular weight is 718 g/mol. The minimum Gasteiger partial charge on any atom is -0.451 e. The van der Waals surface area contributed by atoms with Crippen LogP contribution in [-0.2, 0) is 43.2 Å². The number of hydrogen-bond acceptors (Lipinski definition) is 11. The van der Waals surface area contributed by atoms with E-state index >= 15 is 0 Å². The standard InChI is InChI=1S/C31H45F2N5O10S/c1-23(30(39)38-31(35)36)20-24-21-27(32)29(28(33)22-24)48-25-2-4-26(5-3-25)49(40,41)37-7-9-43-11-13-45-15-17-47-19-18-46-16-14-44-12-10-42-8-6-34/h2-5,20-22,37H,6-19,34H2,1H3,(H4,35,36,38,39)/b23-20+. The second-order valence-corrected chi connectivity index (χ2v) is 11.7. The first-order valence-corrected chi connectivity index (χ1v) is 16.8. The molecule has 0 aliphatic carbocycles. The quantitative estimate of drug-likeness (QED) is 0.0468. The summed E-state index contributed by atoms with van der Waals surface area (Å²) in [6, 6.07) is 6.87. The van der Waals surface area contributed by atoms with E-state index in [0.717, 1.165) is 12.1 Å². The van der Waals surface area contributed by atoms with E-state index in [2.05, 4.69) is 9.71 Å². The molecule has 0 saturated carbocycles. The van der Waals surface area contributed by atoms with E-state index in [4.69, 9.17) is 50.4 Å². The molecule has 274 valence electrons. The molecule has 18 heteroatoms. The molecule has 49 heavy (non-hydrogen) atoms. The molecular formula is C31H45F2N5O10S. The molecule has 0 saturated heterocycles. The zero-order chi connectivity index (χ0) is 35.9. The third kappa shape index (κ3) is 17.6. The molecule has 2 rings (SSSR count). The molecule has 15 nitrogen and oxygen atoms in total. The van der Waals surface area contributed by atoms with E-state index in [-0.39, 0.29) is 41.5 Å². The Kier molecular flexibility index (Phi) is 20.1. The first-order chi connectivity index (χ1) is 23.5. The first kappa shape index (κ1) is 41.6. The Bertz CT molecular complexity index is 1420. The van der Waals surface area contributed by atoms with Gasteiger partial charge in [0.15, 0.2) is 23.3 Å². The molecular weight excluding hydrogens is 672 g/mol. The fraction of sp³-hybridized carbons (Fsp3) is 0.484. The minimum absolute atomic E-state index is 0.00501. The summed E-state index contributed by atoms with van der Waals surface area (Å²) in [4.78, 5) is 15.1. The van der Waals surface area contributed by atoms with Crippen LogP contribution >= 0.6 is 0 Å². The number of halogens is 2. The van der Waals surface area contributed by atoms with Gasteiger partial charge in [-0.15, -0.1) is 0 Å². The van der Waals surface area contributed by atoms with Crippen LogP contribution in [0, 0.1) is 11.6 Å². The molecule has 1 amide bonds. The number of guanidine groups is 1. The average Bonchev–Trinajstić information content (AvgIpc) is 3.05. The third-order valence-electron chi connectivity index (χ3n) is 5.99. The van der Waals surface area contributed by atoms with Crippen LogP contribution in [0.5, 0.6) is 11.5 Å². The summed E-state index contributed by atoms with van der Waals surface area (Å²) in [5.74, 6) is -4.03. The topological polar surface area (TPSA) is 218 Å². The van der Waals surface area contributed by atoms with E-state index < -0.39 is 39.3 Å². The molecule has 0 radical (unpaired) electrons. The number of amides is 1. The van der Waals surface area contributed by atoms with Crippen molar-refractivity contribution >= 4 is 28.0 Å². The minimum atomic E-state index is -3.89. The lowest BCUT2D eigenvalue weighted by molar-refractivity contribution is -0.114. The van der Waals surface area contributed by atoms with Crippen molar-refractivity contribution in [2.24, 2.45) is 22.2 Å². The number of carbonyl (C=O) groups is 1. The lowest BCUT2D eigenvalue weighted by Gasteiger charge is -2.11. The number of ether oxygens (including phenoxy) is 7. The largest absolute Gasteiger partial charge is 0.451 e. The van der Waals surface area contributed by atoms with Crippen molar-refractivity contribution in [3.8, 4) is 11.5 Å². The number of benzene rings is 2. The zero-order valence-electron chi connectivity index (χ0n) is 27.4. The second kappa shape index (κ2) is 23.7. The van der Waals surface area contributed by atoms with E-state index in [9.17, 15) is 22.0 Å². The van der Waals surface area contributed by atoms with Crippen LogP contribution in [0.2, 0.25) is 0 Å². The van der Waals surface area contributed by atoms with Crippen LogP contribution in [0.3, 0.4) is 0 Å². The SMILES string of the molecule is C/C(=C\c1cc(F)c(Oc2ccc(S(=O)(=O)NCCOCCOCCOCCOCCOCCOCCN)cc2)c(F)c1)C(=O)N=C(N)N. The maximum atomic E-state index is 14.7. The molecule has 0 unspecified atom stereocenters. The van der Waals surface area contributed by atoms with Gasteiger partial charge in [0.2, 0.25) is 10.0 Å². The fourth-order valence-electron chi connectivity index (χ4n) is 3.70. The second-order valence-electron chi connectivity index (χ2n) is 9.92. The summed E-state index contributed by atoms with van der Waals surface area (Å²) in [6.07, 6.45) is 1.21. The Labute approximate surface area is 284 Å². The number of aliphatic imine (C=N–C) groups is 1. The number of hydrogen-bond donors (Lipinski definition) is 4. The molecule has 0 bridgehead atoms. The van der Waals surface area contributed by atoms with Gasteiger partial charge in [0.1, 0.15) is 5.75 Å². The molecule has 0 heterocycles. The molecule has 2 aromatic carbocycles. The highest BCUT2D eigenvalue weighted by Crippen LogP contribution is 2.30. The van der Waals surface area contributed by atoms with Gasteiger partial charge in [0, 0.05) is 18.7 Å². The van der Waals surface area contributed by atoms with Crippen molar-refractivity contribution in [2.45, 2.75) is 11.8 Å². The Morgan fingerprint density at radius 2 is 1.22 bits per heavy atom. The monoisotopic (exact) mass is 717 g/mol. The highest BCUT2D eigenvalue weighted by Gasteiger charge is 2.17. The summed E-state index contributed by atoms with van der Waals surface area (Å²) in [6.45, 7) is 6.61. The molecule has 0 spiro atoms. The van der Waals surface area contributed by atoms with Crippen molar-refractivity contribution < 1.29 is 55.2 Å². The van der Waals surface area contributed by atoms with Crippen LogP contribution in [0.15, 0.2) is 51.9 Å². The van der Waals surface area contributed by atoms with Crippen molar-refractivity contribution in [1.82, 2.24) is 4.72 Å². The van der Waals surface area contributed by atoms with Crippen molar-refractivity contribution in [2.75, 3.05) is 92.4 Å². The number of sulfonamides is 1. The lowest BCUT2D eigenvalue weighted by Crippen LogP contribution is -2.27. The summed E-state index contributed by atoms with van der Waals surface area (Å²) in [5.41, 5.74) is 15.7. The molecule has 0 aromatic heterocycles. The maximum absolute atomic E-state index is 14.7. The Morgan fingerprint density at radius 3 is 1.67 bits per heavy atom. The van der Waals surface area contributed by atoms with Gasteiger partial charge >= 0.3 is 0 Å². The number of nitrogens with two attached hydrogens (primary N) is 3. The van der Waals surface area contributed by atoms with Gasteiger partial charge in [-0.25, -0.2) is 21.9 Å². The predicted molar refractivity (Wildman–Crippen MR) is 176 cm³/mol. The summed E-state index contributed by atoms with van der Waals surface area (Å²) < 4.78 is 94.3. The molecule has 0 aliphatic heterocycles. The molecule has 2 aromatic rings. The van der Waals surface area contributed by atoms with Crippen LogP contribution < -0.4 is 26.7 Å². The number of rotatable bonds is 26. The lowest BCUT2D eigenvalue weighted by atomic mass is 10.1. The first-order valence-electron chi connectivity index (χ1n) is 15.3. The van der Waals surface area contributed by atoms with Crippen LogP contribution in [0.1, 0.15) is 12.5 Å². The van der Waals surface area contributed by atoms with Crippen molar-refractivity contribution in [3.05, 3.63) is 59.2 Å². The number of nitrogens with zero attached hydrogens (tertiary/aromatic N) is 1. The Morgan fingerprint density at radius 1 is 0.776 bits per heavy atom. The molecule has 0 fully saturated rings. The van der Waals surface area contributed by atoms with Crippen LogP contribution in [-0.4, -0.2) is 113 Å². The van der Waals surface area contributed by atoms with Gasteiger partial charge < -0.3 is 50.4 Å². The van der Waals surface area contributed by atoms with Gasteiger partial charge in [-0.1, -0.05) is 0 Å². The summed E-state index contributed by atoms with van der Waals surface area (Å²) in [5, 5.41) is 0. The Balaban J connectivity index is 1.60. The predicted octanol–water partition coefficient (Wildman–Crippen LogP) is 1.30. The third-order valence-corrected chi connectivity index (χ3v) is 7.46. The highest BCUT2D eigenvalue weighted by atomic mass is 32.2. The van der Waals surface area contributed by atoms with Crippen LogP contribution in [0.4, 0.5) is 8.78 Å². The van der Waals surface area contributed by atoms with Crippen molar-refractivity contribution in [1.29, 1.82) is 0 Å². The maximum Gasteiger partial charge on any atom is 0.275 e. The van der Waals surface area contributed by atoms with Gasteiger partial charge in [-0.2, -0.15) is 4.99 Å².